The Morgan fingerprint density at radius 2 is 1.53 bits per heavy atom. The van der Waals surface area contributed by atoms with Crippen LogP contribution in [0, 0.1) is 6.92 Å². The Kier molecular flexibility index (Phi) is 8.45. The number of carbonyl (C=O) groups is 1. The van der Waals surface area contributed by atoms with Gasteiger partial charge in [0.1, 0.15) is 17.2 Å². The molecule has 38 heavy (non-hydrogen) atoms. The molecule has 0 bridgehead atoms. The first-order chi connectivity index (χ1) is 18.3. The zero-order valence-electron chi connectivity index (χ0n) is 21.5. The minimum absolute atomic E-state index is 0.0399. The number of nitrogens with one attached hydrogen (secondary N) is 1. The normalized spacial score (nSPS) is 11.3. The molecule has 0 saturated heterocycles. The van der Waals surface area contributed by atoms with Crippen LogP contribution in [0.1, 0.15) is 28.4 Å². The number of nitrogens with zero attached hydrogens (tertiary/aromatic N) is 1. The Morgan fingerprint density at radius 1 is 0.868 bits per heavy atom. The van der Waals surface area contributed by atoms with Crippen LogP contribution in [0.15, 0.2) is 102 Å². The second kappa shape index (κ2) is 11.9. The number of carbonyl (C=O) groups excluding carboxylic acids is 1. The smallest absolute Gasteiger partial charge is 0.255 e. The van der Waals surface area contributed by atoms with E-state index in [-0.39, 0.29) is 17.3 Å². The molecule has 0 fully saturated rings. The molecule has 1 N–H and O–H groups in total. The topological polar surface area (TPSA) is 84.9 Å². The molecule has 7 nitrogen and oxygen atoms in total. The van der Waals surface area contributed by atoms with Crippen molar-refractivity contribution in [3.8, 4) is 17.2 Å². The van der Waals surface area contributed by atoms with Crippen LogP contribution in [0.2, 0.25) is 0 Å². The summed E-state index contributed by atoms with van der Waals surface area (Å²) in [6.07, 6.45) is 0. The van der Waals surface area contributed by atoms with E-state index in [1.165, 1.54) is 11.4 Å². The third-order valence-electron chi connectivity index (χ3n) is 5.84. The molecule has 4 rings (SSSR count). The maximum absolute atomic E-state index is 13.1. The van der Waals surface area contributed by atoms with Gasteiger partial charge in [-0.1, -0.05) is 35.9 Å². The van der Waals surface area contributed by atoms with Crippen molar-refractivity contribution >= 4 is 21.6 Å². The highest BCUT2D eigenvalue weighted by Gasteiger charge is 2.23. The second-order valence-electron chi connectivity index (χ2n) is 8.72. The van der Waals surface area contributed by atoms with E-state index < -0.39 is 10.0 Å². The number of ether oxygens (including phenoxy) is 2. The standard InChI is InChI=1S/C30H30N2O5S/c1-4-36-29-19-12-23(20-24(29)21-32(3)38(34,35)28-17-10-22(2)11-18-28)30(33)31-25-13-15-27(16-14-25)37-26-8-6-5-7-9-26/h5-20H,4,21H2,1-3H3,(H,31,33). The summed E-state index contributed by atoms with van der Waals surface area (Å²) in [6, 6.07) is 28.2. The lowest BCUT2D eigenvalue weighted by molar-refractivity contribution is 0.102. The van der Waals surface area contributed by atoms with Gasteiger partial charge in [-0.25, -0.2) is 8.42 Å². The van der Waals surface area contributed by atoms with Crippen LogP contribution in [0.5, 0.6) is 17.2 Å². The summed E-state index contributed by atoms with van der Waals surface area (Å²) in [5.41, 5.74) is 2.55. The van der Waals surface area contributed by atoms with Gasteiger partial charge in [-0.3, -0.25) is 4.79 Å². The van der Waals surface area contributed by atoms with Gasteiger partial charge in [-0.05, 0) is 80.6 Å². The molecule has 8 heteroatoms. The molecule has 0 aromatic heterocycles. The highest BCUT2D eigenvalue weighted by atomic mass is 32.2. The summed E-state index contributed by atoms with van der Waals surface area (Å²) in [5.74, 6) is 1.57. The molecule has 0 aliphatic carbocycles. The third-order valence-corrected chi connectivity index (χ3v) is 7.65. The van der Waals surface area contributed by atoms with Crippen molar-refractivity contribution in [2.45, 2.75) is 25.3 Å². The van der Waals surface area contributed by atoms with Crippen LogP contribution in [0.3, 0.4) is 0 Å². The van der Waals surface area contributed by atoms with Crippen LogP contribution in [-0.2, 0) is 16.6 Å². The fourth-order valence-corrected chi connectivity index (χ4v) is 4.94. The zero-order valence-corrected chi connectivity index (χ0v) is 22.4. The first-order valence-corrected chi connectivity index (χ1v) is 13.6. The number of sulfonamides is 1. The maximum atomic E-state index is 13.1. The van der Waals surface area contributed by atoms with Gasteiger partial charge in [0, 0.05) is 30.4 Å². The molecule has 0 saturated carbocycles. The summed E-state index contributed by atoms with van der Waals surface area (Å²) < 4.78 is 39.0. The number of rotatable bonds is 10. The summed E-state index contributed by atoms with van der Waals surface area (Å²) in [5, 5.41) is 2.88. The van der Waals surface area contributed by atoms with Crippen molar-refractivity contribution in [3.63, 3.8) is 0 Å². The van der Waals surface area contributed by atoms with E-state index in [9.17, 15) is 13.2 Å². The van der Waals surface area contributed by atoms with E-state index in [4.69, 9.17) is 9.47 Å². The van der Waals surface area contributed by atoms with Crippen LogP contribution in [-0.4, -0.2) is 32.3 Å². The van der Waals surface area contributed by atoms with E-state index in [1.54, 1.807) is 66.7 Å². The highest BCUT2D eigenvalue weighted by Crippen LogP contribution is 2.26. The first-order valence-electron chi connectivity index (χ1n) is 12.2. The van der Waals surface area contributed by atoms with Crippen molar-refractivity contribution in [1.82, 2.24) is 4.31 Å². The lowest BCUT2D eigenvalue weighted by Gasteiger charge is -2.20. The van der Waals surface area contributed by atoms with E-state index in [1.807, 2.05) is 44.2 Å². The largest absolute Gasteiger partial charge is 0.494 e. The van der Waals surface area contributed by atoms with Crippen LogP contribution in [0.25, 0.3) is 0 Å². The summed E-state index contributed by atoms with van der Waals surface area (Å²) in [4.78, 5) is 13.2. The molecule has 0 unspecified atom stereocenters. The van der Waals surface area contributed by atoms with Gasteiger partial charge in [-0.15, -0.1) is 0 Å². The Morgan fingerprint density at radius 3 is 2.18 bits per heavy atom. The van der Waals surface area contributed by atoms with Gasteiger partial charge in [-0.2, -0.15) is 4.31 Å². The van der Waals surface area contributed by atoms with Gasteiger partial charge in [0.05, 0.1) is 11.5 Å². The molecule has 0 aliphatic rings. The lowest BCUT2D eigenvalue weighted by Crippen LogP contribution is -2.27. The van der Waals surface area contributed by atoms with Crippen molar-refractivity contribution in [2.75, 3.05) is 19.0 Å². The quantitative estimate of drug-likeness (QED) is 0.262. The lowest BCUT2D eigenvalue weighted by atomic mass is 10.1. The minimum atomic E-state index is -3.73. The van der Waals surface area contributed by atoms with E-state index >= 15 is 0 Å². The summed E-state index contributed by atoms with van der Waals surface area (Å²) >= 11 is 0. The van der Waals surface area contributed by atoms with Gasteiger partial charge >= 0.3 is 0 Å². The molecule has 4 aromatic rings. The fraction of sp³-hybridized carbons (Fsp3) is 0.167. The average molecular weight is 531 g/mol. The number of para-hydroxylation sites is 1. The van der Waals surface area contributed by atoms with Crippen LogP contribution < -0.4 is 14.8 Å². The van der Waals surface area contributed by atoms with Gasteiger partial charge in [0.2, 0.25) is 10.0 Å². The maximum Gasteiger partial charge on any atom is 0.255 e. The molecule has 4 aromatic carbocycles. The minimum Gasteiger partial charge on any atom is -0.494 e. The molecule has 0 radical (unpaired) electrons. The third kappa shape index (κ3) is 6.59. The van der Waals surface area contributed by atoms with E-state index in [0.717, 1.165) is 11.3 Å². The Balaban J connectivity index is 1.49. The predicted molar refractivity (Wildman–Crippen MR) is 148 cm³/mol. The van der Waals surface area contributed by atoms with E-state index in [0.29, 0.717) is 34.9 Å². The van der Waals surface area contributed by atoms with Gasteiger partial charge in [0.15, 0.2) is 0 Å². The number of hydrogen-bond donors (Lipinski definition) is 1. The average Bonchev–Trinajstić information content (AvgIpc) is 2.91. The SMILES string of the molecule is CCOc1ccc(C(=O)Nc2ccc(Oc3ccccc3)cc2)cc1CN(C)S(=O)(=O)c1ccc(C)cc1. The molecule has 0 aliphatic heterocycles. The van der Waals surface area contributed by atoms with Crippen molar-refractivity contribution < 1.29 is 22.7 Å². The Labute approximate surface area is 223 Å². The summed E-state index contributed by atoms with van der Waals surface area (Å²) in [7, 11) is -2.22. The molecule has 0 atom stereocenters. The van der Waals surface area contributed by atoms with Gasteiger partial charge in [0.25, 0.3) is 5.91 Å². The molecular weight excluding hydrogens is 500 g/mol. The van der Waals surface area contributed by atoms with Crippen LogP contribution >= 0.6 is 0 Å². The van der Waals surface area contributed by atoms with E-state index in [2.05, 4.69) is 5.32 Å². The van der Waals surface area contributed by atoms with Crippen molar-refractivity contribution in [1.29, 1.82) is 0 Å². The molecular formula is C30H30N2O5S. The van der Waals surface area contributed by atoms with Crippen LogP contribution in [0.4, 0.5) is 5.69 Å². The summed E-state index contributed by atoms with van der Waals surface area (Å²) in [6.45, 7) is 4.20. The number of aryl methyl sites for hydroxylation is 1. The number of benzene rings is 4. The zero-order chi connectivity index (χ0) is 27.1. The monoisotopic (exact) mass is 530 g/mol. The molecule has 0 spiro atoms. The Bertz CT molecular complexity index is 1490. The number of amides is 1. The number of anilines is 1. The fourth-order valence-electron chi connectivity index (χ4n) is 3.79. The molecule has 196 valence electrons. The molecule has 1 amide bonds. The van der Waals surface area contributed by atoms with Crippen molar-refractivity contribution in [2.24, 2.45) is 0 Å². The Hall–Kier alpha value is -4.14. The highest BCUT2D eigenvalue weighted by molar-refractivity contribution is 7.89. The van der Waals surface area contributed by atoms with Crippen molar-refractivity contribution in [3.05, 3.63) is 114 Å². The first kappa shape index (κ1) is 26.9. The second-order valence-corrected chi connectivity index (χ2v) is 10.8. The number of hydrogen-bond acceptors (Lipinski definition) is 5. The molecule has 0 heterocycles. The van der Waals surface area contributed by atoms with Gasteiger partial charge < -0.3 is 14.8 Å². The predicted octanol–water partition coefficient (Wildman–Crippen LogP) is 6.26.